The van der Waals surface area contributed by atoms with Crippen LogP contribution in [0.1, 0.15) is 74.5 Å². The maximum absolute atomic E-state index is 12.0. The first-order valence-electron chi connectivity index (χ1n) is 12.5. The summed E-state index contributed by atoms with van der Waals surface area (Å²) in [5.41, 5.74) is 6.09. The van der Waals surface area contributed by atoms with E-state index < -0.39 is 30.3 Å². The molecule has 0 saturated carbocycles. The van der Waals surface area contributed by atoms with Crippen LogP contribution in [0.4, 0.5) is 0 Å². The maximum atomic E-state index is 12.0. The van der Waals surface area contributed by atoms with Gasteiger partial charge in [-0.1, -0.05) is 60.7 Å². The van der Waals surface area contributed by atoms with Crippen molar-refractivity contribution >= 4 is 23.4 Å². The van der Waals surface area contributed by atoms with E-state index >= 15 is 0 Å². The molecule has 188 valence electrons. The van der Waals surface area contributed by atoms with E-state index in [0.717, 1.165) is 37.7 Å². The smallest absolute Gasteiger partial charge is 0.326 e. The van der Waals surface area contributed by atoms with Gasteiger partial charge in [-0.3, -0.25) is 9.59 Å². The fourth-order valence-corrected chi connectivity index (χ4v) is 4.38. The van der Waals surface area contributed by atoms with Gasteiger partial charge in [-0.25, -0.2) is 4.79 Å². The van der Waals surface area contributed by atoms with E-state index in [1.807, 2.05) is 30.3 Å². The van der Waals surface area contributed by atoms with E-state index in [1.54, 1.807) is 0 Å². The first kappa shape index (κ1) is 26.7. The lowest BCUT2D eigenvalue weighted by Gasteiger charge is -2.18. The van der Waals surface area contributed by atoms with Crippen molar-refractivity contribution in [3.05, 3.63) is 76.9 Å². The summed E-state index contributed by atoms with van der Waals surface area (Å²) in [4.78, 5) is 33.8. The van der Waals surface area contributed by atoms with Gasteiger partial charge in [0.1, 0.15) is 6.04 Å². The summed E-state index contributed by atoms with van der Waals surface area (Å²) in [5, 5.41) is 20.1. The molecule has 2 aromatic carbocycles. The normalized spacial score (nSPS) is 13.9. The number of carbonyl (C=O) groups is 3. The predicted molar refractivity (Wildman–Crippen MR) is 139 cm³/mol. The average Bonchev–Trinajstić information content (AvgIpc) is 2.87. The Morgan fingerprint density at radius 2 is 1.67 bits per heavy atom. The number of carboxylic acids is 2. The summed E-state index contributed by atoms with van der Waals surface area (Å²) in [6.45, 7) is 0. The van der Waals surface area contributed by atoms with Crippen LogP contribution in [0.25, 0.3) is 5.57 Å². The molecular formula is C30H33NO5. The van der Waals surface area contributed by atoms with Gasteiger partial charge in [-0.05, 0) is 73.8 Å². The number of nitrogens with one attached hydrogen (secondary N) is 1. The molecule has 6 heteroatoms. The molecule has 1 atom stereocenters. The lowest BCUT2D eigenvalue weighted by molar-refractivity contribution is -0.147. The average molecular weight is 488 g/mol. The molecule has 0 saturated heterocycles. The molecule has 2 aromatic rings. The molecule has 0 fully saturated rings. The lowest BCUT2D eigenvalue weighted by Crippen LogP contribution is -2.42. The second-order valence-corrected chi connectivity index (χ2v) is 9.10. The SMILES string of the molecule is O=C(O)C[C@H](NC(=O)CCCCCc1cccc(C2=C(C#Cc3ccccc3)CCCC2)c1)C(=O)O. The van der Waals surface area contributed by atoms with Gasteiger partial charge in [0, 0.05) is 17.6 Å². The van der Waals surface area contributed by atoms with Crippen LogP contribution >= 0.6 is 0 Å². The zero-order chi connectivity index (χ0) is 25.8. The van der Waals surface area contributed by atoms with Gasteiger partial charge in [-0.15, -0.1) is 0 Å². The summed E-state index contributed by atoms with van der Waals surface area (Å²) < 4.78 is 0. The summed E-state index contributed by atoms with van der Waals surface area (Å²) in [6, 6.07) is 17.3. The van der Waals surface area contributed by atoms with E-state index in [-0.39, 0.29) is 6.42 Å². The van der Waals surface area contributed by atoms with Gasteiger partial charge in [0.15, 0.2) is 0 Å². The standard InChI is InChI=1S/C30H33NO5/c32-28(31-27(30(35)36)21-29(33)34)17-6-2-5-12-23-13-9-15-25(20-23)26-16-8-7-14-24(26)19-18-22-10-3-1-4-11-22/h1,3-4,9-11,13,15,20,27H,2,5-8,12,14,16-17,21H2,(H,31,32)(H,33,34)(H,35,36)/t27-/m0/s1. The Bertz CT molecular complexity index is 1160. The van der Waals surface area contributed by atoms with E-state index in [1.165, 1.54) is 35.1 Å². The third-order valence-electron chi connectivity index (χ3n) is 6.26. The van der Waals surface area contributed by atoms with Gasteiger partial charge in [-0.2, -0.15) is 0 Å². The molecular weight excluding hydrogens is 454 g/mol. The van der Waals surface area contributed by atoms with Gasteiger partial charge >= 0.3 is 11.9 Å². The number of hydrogen-bond donors (Lipinski definition) is 3. The Balaban J connectivity index is 1.53. The third-order valence-corrected chi connectivity index (χ3v) is 6.26. The molecule has 0 heterocycles. The highest BCUT2D eigenvalue weighted by Gasteiger charge is 2.22. The molecule has 3 rings (SSSR count). The fourth-order valence-electron chi connectivity index (χ4n) is 4.38. The predicted octanol–water partition coefficient (Wildman–Crippen LogP) is 5.21. The van der Waals surface area contributed by atoms with Gasteiger partial charge in [0.25, 0.3) is 0 Å². The summed E-state index contributed by atoms with van der Waals surface area (Å²) >= 11 is 0. The van der Waals surface area contributed by atoms with Crippen LogP contribution < -0.4 is 5.32 Å². The van der Waals surface area contributed by atoms with Crippen molar-refractivity contribution in [2.45, 2.75) is 70.3 Å². The number of rotatable bonds is 11. The van der Waals surface area contributed by atoms with Crippen LogP contribution in [0.15, 0.2) is 60.2 Å². The number of carbonyl (C=O) groups excluding carboxylic acids is 1. The number of unbranched alkanes of at least 4 members (excludes halogenated alkanes) is 2. The minimum Gasteiger partial charge on any atom is -0.481 e. The molecule has 0 aliphatic heterocycles. The molecule has 0 spiro atoms. The Morgan fingerprint density at radius 1 is 0.889 bits per heavy atom. The minimum absolute atomic E-state index is 0.180. The molecule has 36 heavy (non-hydrogen) atoms. The zero-order valence-electron chi connectivity index (χ0n) is 20.5. The van der Waals surface area contributed by atoms with Gasteiger partial charge in [0.2, 0.25) is 5.91 Å². The molecule has 0 bridgehead atoms. The Morgan fingerprint density at radius 3 is 2.42 bits per heavy atom. The van der Waals surface area contributed by atoms with Crippen molar-refractivity contribution in [1.29, 1.82) is 0 Å². The first-order chi connectivity index (χ1) is 17.4. The van der Waals surface area contributed by atoms with Crippen LogP contribution in [-0.2, 0) is 20.8 Å². The number of aliphatic carboxylic acids is 2. The largest absolute Gasteiger partial charge is 0.481 e. The Labute approximate surface area is 212 Å². The monoisotopic (exact) mass is 487 g/mol. The summed E-state index contributed by atoms with van der Waals surface area (Å²) in [5.74, 6) is 3.71. The highest BCUT2D eigenvalue weighted by Crippen LogP contribution is 2.32. The lowest BCUT2D eigenvalue weighted by atomic mass is 9.86. The van der Waals surface area contributed by atoms with Crippen LogP contribution in [0.2, 0.25) is 0 Å². The number of benzene rings is 2. The maximum Gasteiger partial charge on any atom is 0.326 e. The number of aryl methyl sites for hydroxylation is 1. The van der Waals surface area contributed by atoms with Crippen LogP contribution in [0, 0.1) is 11.8 Å². The van der Waals surface area contributed by atoms with Gasteiger partial charge in [0.05, 0.1) is 6.42 Å². The van der Waals surface area contributed by atoms with E-state index in [0.29, 0.717) is 6.42 Å². The molecule has 6 nitrogen and oxygen atoms in total. The number of carboxylic acid groups (broad SMARTS) is 2. The van der Waals surface area contributed by atoms with Crippen molar-refractivity contribution in [2.75, 3.05) is 0 Å². The minimum atomic E-state index is -1.39. The summed E-state index contributed by atoms with van der Waals surface area (Å²) in [6.07, 6.45) is 7.19. The van der Waals surface area contributed by atoms with Gasteiger partial charge < -0.3 is 15.5 Å². The molecule has 1 amide bonds. The van der Waals surface area contributed by atoms with Crippen molar-refractivity contribution in [3.63, 3.8) is 0 Å². The number of amides is 1. The fraction of sp³-hybridized carbons (Fsp3) is 0.367. The van der Waals surface area contributed by atoms with Crippen molar-refractivity contribution in [3.8, 4) is 11.8 Å². The van der Waals surface area contributed by atoms with Crippen molar-refractivity contribution < 1.29 is 24.6 Å². The second kappa shape index (κ2) is 13.9. The number of allylic oxidation sites excluding steroid dienone is 2. The molecule has 3 N–H and O–H groups in total. The number of hydrogen-bond acceptors (Lipinski definition) is 3. The first-order valence-corrected chi connectivity index (χ1v) is 12.5. The Kier molecular flexibility index (Phi) is 10.3. The van der Waals surface area contributed by atoms with Crippen LogP contribution in [0.3, 0.4) is 0 Å². The van der Waals surface area contributed by atoms with E-state index in [9.17, 15) is 14.4 Å². The highest BCUT2D eigenvalue weighted by molar-refractivity contribution is 5.86. The quantitative estimate of drug-likeness (QED) is 0.298. The zero-order valence-corrected chi connectivity index (χ0v) is 20.5. The molecule has 1 aliphatic carbocycles. The van der Waals surface area contributed by atoms with Crippen molar-refractivity contribution in [2.24, 2.45) is 0 Å². The van der Waals surface area contributed by atoms with E-state index in [4.69, 9.17) is 10.2 Å². The molecule has 0 radical (unpaired) electrons. The van der Waals surface area contributed by atoms with E-state index in [2.05, 4.69) is 41.4 Å². The Hall–Kier alpha value is -3.85. The molecule has 1 aliphatic rings. The molecule has 0 aromatic heterocycles. The topological polar surface area (TPSA) is 104 Å². The van der Waals surface area contributed by atoms with Crippen LogP contribution in [-0.4, -0.2) is 34.1 Å². The molecule has 0 unspecified atom stereocenters. The highest BCUT2D eigenvalue weighted by atomic mass is 16.4. The third kappa shape index (κ3) is 8.74. The second-order valence-electron chi connectivity index (χ2n) is 9.10. The summed E-state index contributed by atoms with van der Waals surface area (Å²) in [7, 11) is 0. The van der Waals surface area contributed by atoms with Crippen molar-refractivity contribution in [1.82, 2.24) is 5.32 Å². The van der Waals surface area contributed by atoms with Crippen LogP contribution in [0.5, 0.6) is 0 Å².